The fourth-order valence-electron chi connectivity index (χ4n) is 2.00. The molecule has 1 aliphatic rings. The van der Waals surface area contributed by atoms with E-state index in [2.05, 4.69) is 22.6 Å². The van der Waals surface area contributed by atoms with Crippen LogP contribution < -0.4 is 10.6 Å². The van der Waals surface area contributed by atoms with Crippen molar-refractivity contribution in [2.45, 2.75) is 51.8 Å². The first-order valence-electron chi connectivity index (χ1n) is 6.68. The molecule has 0 aromatic heterocycles. The number of nitrogens with one attached hydrogen (secondary N) is 2. The Labute approximate surface area is 110 Å². The molecule has 1 aliphatic heterocycles. The molecular weight excluding hydrogens is 230 g/mol. The number of hydrogen-bond acceptors (Lipinski definition) is 4. The van der Waals surface area contributed by atoms with Gasteiger partial charge in [-0.3, -0.25) is 0 Å². The number of carbonyl (C=O) groups excluding carboxylic acids is 1. The van der Waals surface area contributed by atoms with Crippen LogP contribution in [0.25, 0.3) is 0 Å². The van der Waals surface area contributed by atoms with Gasteiger partial charge in [0.15, 0.2) is 0 Å². The first-order chi connectivity index (χ1) is 8.26. The summed E-state index contributed by atoms with van der Waals surface area (Å²) in [4.78, 5) is 13.9. The van der Waals surface area contributed by atoms with E-state index >= 15 is 0 Å². The number of likely N-dealkylation sites (tertiary alicyclic amines) is 1. The summed E-state index contributed by atoms with van der Waals surface area (Å²) in [6.45, 7) is 10.6. The van der Waals surface area contributed by atoms with Gasteiger partial charge in [-0.05, 0) is 47.7 Å². The number of alkyl carbamates (subject to hydrolysis) is 1. The van der Waals surface area contributed by atoms with Gasteiger partial charge >= 0.3 is 6.09 Å². The topological polar surface area (TPSA) is 53.6 Å². The van der Waals surface area contributed by atoms with Crippen molar-refractivity contribution in [2.75, 3.05) is 26.7 Å². The van der Waals surface area contributed by atoms with Crippen LogP contribution >= 0.6 is 0 Å². The SMILES string of the molecule is CC(CNC1CCN(C)C1)NC(=O)OC(C)(C)C. The quantitative estimate of drug-likeness (QED) is 0.794. The molecule has 1 saturated heterocycles. The standard InChI is InChI=1S/C13H27N3O2/c1-10(15-12(17)18-13(2,3)4)8-14-11-6-7-16(5)9-11/h10-11,14H,6-9H2,1-5H3,(H,15,17). The third-order valence-corrected chi connectivity index (χ3v) is 2.87. The average molecular weight is 257 g/mol. The van der Waals surface area contributed by atoms with E-state index in [4.69, 9.17) is 4.74 Å². The molecular formula is C13H27N3O2. The van der Waals surface area contributed by atoms with Gasteiger partial charge in [-0.15, -0.1) is 0 Å². The van der Waals surface area contributed by atoms with E-state index < -0.39 is 5.60 Å². The molecule has 106 valence electrons. The third kappa shape index (κ3) is 6.21. The summed E-state index contributed by atoms with van der Waals surface area (Å²) < 4.78 is 5.21. The first-order valence-corrected chi connectivity index (χ1v) is 6.68. The van der Waals surface area contributed by atoms with Gasteiger partial charge < -0.3 is 20.3 Å². The molecule has 0 bridgehead atoms. The van der Waals surface area contributed by atoms with Crippen LogP contribution in [0.3, 0.4) is 0 Å². The highest BCUT2D eigenvalue weighted by molar-refractivity contribution is 5.68. The van der Waals surface area contributed by atoms with Crippen molar-refractivity contribution < 1.29 is 9.53 Å². The van der Waals surface area contributed by atoms with Crippen molar-refractivity contribution in [1.82, 2.24) is 15.5 Å². The van der Waals surface area contributed by atoms with Crippen LogP contribution in [0, 0.1) is 0 Å². The Balaban J connectivity index is 2.17. The van der Waals surface area contributed by atoms with Crippen molar-refractivity contribution in [3.8, 4) is 0 Å². The van der Waals surface area contributed by atoms with Gasteiger partial charge in [0.25, 0.3) is 0 Å². The lowest BCUT2D eigenvalue weighted by molar-refractivity contribution is 0.0507. The van der Waals surface area contributed by atoms with Crippen LogP contribution in [-0.2, 0) is 4.74 Å². The van der Waals surface area contributed by atoms with E-state index in [0.717, 1.165) is 19.6 Å². The molecule has 0 saturated carbocycles. The van der Waals surface area contributed by atoms with Crippen molar-refractivity contribution in [3.63, 3.8) is 0 Å². The molecule has 0 aliphatic carbocycles. The van der Waals surface area contributed by atoms with Crippen LogP contribution in [0.1, 0.15) is 34.1 Å². The summed E-state index contributed by atoms with van der Waals surface area (Å²) in [5, 5.41) is 6.30. The molecule has 0 spiro atoms. The summed E-state index contributed by atoms with van der Waals surface area (Å²) in [5.41, 5.74) is -0.439. The zero-order valence-corrected chi connectivity index (χ0v) is 12.2. The molecule has 1 rings (SSSR count). The van der Waals surface area contributed by atoms with Gasteiger partial charge in [0.1, 0.15) is 5.60 Å². The van der Waals surface area contributed by atoms with Crippen LogP contribution in [0.5, 0.6) is 0 Å². The minimum atomic E-state index is -0.439. The highest BCUT2D eigenvalue weighted by Crippen LogP contribution is 2.07. The molecule has 5 heteroatoms. The van der Waals surface area contributed by atoms with Crippen LogP contribution in [0.4, 0.5) is 4.79 Å². The summed E-state index contributed by atoms with van der Waals surface area (Å²) in [6, 6.07) is 0.614. The van der Waals surface area contributed by atoms with E-state index in [1.807, 2.05) is 27.7 Å². The van der Waals surface area contributed by atoms with Gasteiger partial charge in [-0.2, -0.15) is 0 Å². The Morgan fingerprint density at radius 3 is 2.67 bits per heavy atom. The van der Waals surface area contributed by atoms with Crippen LogP contribution in [0.2, 0.25) is 0 Å². The molecule has 1 fully saturated rings. The summed E-state index contributed by atoms with van der Waals surface area (Å²) in [5.74, 6) is 0. The second-order valence-electron chi connectivity index (χ2n) is 6.20. The maximum absolute atomic E-state index is 11.5. The van der Waals surface area contributed by atoms with E-state index in [1.165, 1.54) is 6.42 Å². The number of hydrogen-bond donors (Lipinski definition) is 2. The number of carbonyl (C=O) groups is 1. The molecule has 0 aromatic carbocycles. The smallest absolute Gasteiger partial charge is 0.407 e. The highest BCUT2D eigenvalue weighted by Gasteiger charge is 2.21. The summed E-state index contributed by atoms with van der Waals surface area (Å²) >= 11 is 0. The Morgan fingerprint density at radius 2 is 2.17 bits per heavy atom. The maximum Gasteiger partial charge on any atom is 0.407 e. The molecule has 2 atom stereocenters. The molecule has 2 N–H and O–H groups in total. The van der Waals surface area contributed by atoms with E-state index in [1.54, 1.807) is 0 Å². The number of ether oxygens (including phenoxy) is 1. The normalized spacial score (nSPS) is 22.8. The highest BCUT2D eigenvalue weighted by atomic mass is 16.6. The minimum absolute atomic E-state index is 0.0748. The van der Waals surface area contributed by atoms with E-state index in [0.29, 0.717) is 6.04 Å². The molecule has 18 heavy (non-hydrogen) atoms. The maximum atomic E-state index is 11.5. The predicted molar refractivity (Wildman–Crippen MR) is 72.7 cm³/mol. The zero-order valence-electron chi connectivity index (χ0n) is 12.2. The number of rotatable bonds is 4. The lowest BCUT2D eigenvalue weighted by Gasteiger charge is -2.23. The largest absolute Gasteiger partial charge is 0.444 e. The number of nitrogens with zero attached hydrogens (tertiary/aromatic N) is 1. The fraction of sp³-hybridized carbons (Fsp3) is 0.923. The minimum Gasteiger partial charge on any atom is -0.444 e. The Bertz CT molecular complexity index is 276. The van der Waals surface area contributed by atoms with E-state index in [9.17, 15) is 4.79 Å². The molecule has 0 aromatic rings. The number of likely N-dealkylation sites (N-methyl/N-ethyl adjacent to an activating group) is 1. The Hall–Kier alpha value is -0.810. The second-order valence-corrected chi connectivity index (χ2v) is 6.20. The average Bonchev–Trinajstić information content (AvgIpc) is 2.58. The van der Waals surface area contributed by atoms with Crippen molar-refractivity contribution in [1.29, 1.82) is 0 Å². The van der Waals surface area contributed by atoms with Gasteiger partial charge in [0.05, 0.1) is 0 Å². The first kappa shape index (κ1) is 15.2. The van der Waals surface area contributed by atoms with Gasteiger partial charge in [-0.1, -0.05) is 0 Å². The van der Waals surface area contributed by atoms with Gasteiger partial charge in [0, 0.05) is 25.2 Å². The van der Waals surface area contributed by atoms with Gasteiger partial charge in [0.2, 0.25) is 0 Å². The zero-order chi connectivity index (χ0) is 13.8. The van der Waals surface area contributed by atoms with Crippen LogP contribution in [-0.4, -0.2) is 55.4 Å². The van der Waals surface area contributed by atoms with Crippen molar-refractivity contribution in [3.05, 3.63) is 0 Å². The van der Waals surface area contributed by atoms with Crippen LogP contribution in [0.15, 0.2) is 0 Å². The lowest BCUT2D eigenvalue weighted by atomic mass is 10.2. The third-order valence-electron chi connectivity index (χ3n) is 2.87. The second kappa shape index (κ2) is 6.38. The Kier molecular flexibility index (Phi) is 5.41. The fourth-order valence-corrected chi connectivity index (χ4v) is 2.00. The van der Waals surface area contributed by atoms with Gasteiger partial charge in [-0.25, -0.2) is 4.79 Å². The molecule has 0 radical (unpaired) electrons. The van der Waals surface area contributed by atoms with E-state index in [-0.39, 0.29) is 12.1 Å². The lowest BCUT2D eigenvalue weighted by Crippen LogP contribution is -2.45. The molecule has 5 nitrogen and oxygen atoms in total. The monoisotopic (exact) mass is 257 g/mol. The number of amides is 1. The predicted octanol–water partition coefficient (Wildman–Crippen LogP) is 1.19. The summed E-state index contributed by atoms with van der Waals surface area (Å²) in [6.07, 6.45) is 0.829. The molecule has 1 amide bonds. The molecule has 1 heterocycles. The van der Waals surface area contributed by atoms with Crippen molar-refractivity contribution >= 4 is 6.09 Å². The Morgan fingerprint density at radius 1 is 1.50 bits per heavy atom. The summed E-state index contributed by atoms with van der Waals surface area (Å²) in [7, 11) is 2.13. The van der Waals surface area contributed by atoms with Crippen molar-refractivity contribution in [2.24, 2.45) is 0 Å². The molecule has 2 unspecified atom stereocenters.